The van der Waals surface area contributed by atoms with Gasteiger partial charge >= 0.3 is 5.91 Å². The van der Waals surface area contributed by atoms with Crippen molar-refractivity contribution >= 4 is 22.7 Å². The molecule has 3 heterocycles. The lowest BCUT2D eigenvalue weighted by atomic mass is 10.1. The molecule has 0 fully saturated rings. The molecule has 0 spiro atoms. The van der Waals surface area contributed by atoms with Gasteiger partial charge in [0, 0.05) is 11.6 Å². The maximum Gasteiger partial charge on any atom is 0.305 e. The van der Waals surface area contributed by atoms with Crippen LogP contribution in [0.15, 0.2) is 102 Å². The summed E-state index contributed by atoms with van der Waals surface area (Å²) in [6.45, 7) is 0.170. The lowest BCUT2D eigenvalue weighted by Crippen LogP contribution is -2.41. The Balaban J connectivity index is 1.28. The number of nitrogens with zero attached hydrogens (tertiary/aromatic N) is 2. The van der Waals surface area contributed by atoms with E-state index >= 15 is 0 Å². The van der Waals surface area contributed by atoms with Gasteiger partial charge in [0.1, 0.15) is 18.1 Å². The number of para-hydroxylation sites is 2. The van der Waals surface area contributed by atoms with Crippen molar-refractivity contribution < 1.29 is 18.7 Å². The predicted octanol–water partition coefficient (Wildman–Crippen LogP) is 4.54. The van der Waals surface area contributed by atoms with Crippen molar-refractivity contribution in [3.8, 4) is 17.1 Å². The highest BCUT2D eigenvalue weighted by atomic mass is 16.5. The van der Waals surface area contributed by atoms with E-state index in [9.17, 15) is 9.59 Å². The minimum Gasteiger partial charge on any atom is -0.486 e. The number of carbonyl (C=O) groups is 2. The summed E-state index contributed by atoms with van der Waals surface area (Å²) in [7, 11) is 0. The first-order valence-electron chi connectivity index (χ1n) is 10.9. The predicted molar refractivity (Wildman–Crippen MR) is 129 cm³/mol. The first-order valence-corrected chi connectivity index (χ1v) is 10.9. The summed E-state index contributed by atoms with van der Waals surface area (Å²) in [5.41, 5.74) is 7.04. The molecule has 0 aliphatic heterocycles. The third-order valence-electron chi connectivity index (χ3n) is 5.19. The fourth-order valence-electron chi connectivity index (χ4n) is 3.50. The van der Waals surface area contributed by atoms with Crippen LogP contribution in [-0.2, 0) is 6.61 Å². The van der Waals surface area contributed by atoms with Crippen molar-refractivity contribution in [1.29, 1.82) is 0 Å². The minimum absolute atomic E-state index is 0.0470. The molecule has 0 aliphatic carbocycles. The van der Waals surface area contributed by atoms with Crippen LogP contribution in [0.4, 0.5) is 0 Å². The molecule has 0 bridgehead atoms. The zero-order valence-electron chi connectivity index (χ0n) is 18.5. The van der Waals surface area contributed by atoms with Gasteiger partial charge in [0.05, 0.1) is 22.5 Å². The summed E-state index contributed by atoms with van der Waals surface area (Å²) in [6, 6.07) is 26.9. The molecule has 0 saturated carbocycles. The number of aromatic nitrogens is 2. The summed E-state index contributed by atoms with van der Waals surface area (Å²) < 4.78 is 11.2. The molecule has 5 rings (SSSR count). The van der Waals surface area contributed by atoms with Gasteiger partial charge in [0.15, 0.2) is 5.76 Å². The number of carbonyl (C=O) groups excluding carboxylic acids is 2. The van der Waals surface area contributed by atoms with Crippen LogP contribution in [0.2, 0.25) is 0 Å². The third-order valence-corrected chi connectivity index (χ3v) is 5.19. The number of hydrazine groups is 1. The normalized spacial score (nSPS) is 10.6. The van der Waals surface area contributed by atoms with Crippen LogP contribution >= 0.6 is 0 Å². The lowest BCUT2D eigenvalue weighted by Gasteiger charge is -2.10. The van der Waals surface area contributed by atoms with Crippen molar-refractivity contribution in [3.05, 3.63) is 114 Å². The van der Waals surface area contributed by atoms with E-state index in [2.05, 4.69) is 20.8 Å². The number of amides is 2. The molecule has 3 aromatic heterocycles. The molecule has 0 aliphatic rings. The lowest BCUT2D eigenvalue weighted by molar-refractivity contribution is 0.0829. The Hall–Kier alpha value is -4.98. The average Bonchev–Trinajstić information content (AvgIpc) is 3.40. The molecule has 2 amide bonds. The van der Waals surface area contributed by atoms with E-state index in [0.29, 0.717) is 39.4 Å². The highest BCUT2D eigenvalue weighted by Gasteiger charge is 2.17. The molecule has 0 radical (unpaired) electrons. The van der Waals surface area contributed by atoms with E-state index < -0.39 is 11.8 Å². The number of ether oxygens (including phenoxy) is 1. The average molecular weight is 464 g/mol. The zero-order chi connectivity index (χ0) is 24.0. The van der Waals surface area contributed by atoms with Gasteiger partial charge < -0.3 is 9.15 Å². The van der Waals surface area contributed by atoms with Gasteiger partial charge in [-0.2, -0.15) is 0 Å². The second kappa shape index (κ2) is 9.88. The first-order chi connectivity index (χ1) is 17.2. The van der Waals surface area contributed by atoms with E-state index in [1.807, 2.05) is 66.7 Å². The Morgan fingerprint density at radius 3 is 2.40 bits per heavy atom. The van der Waals surface area contributed by atoms with E-state index in [-0.39, 0.29) is 12.4 Å². The van der Waals surface area contributed by atoms with E-state index in [4.69, 9.17) is 9.15 Å². The van der Waals surface area contributed by atoms with E-state index in [0.717, 1.165) is 0 Å². The zero-order valence-corrected chi connectivity index (χ0v) is 18.5. The summed E-state index contributed by atoms with van der Waals surface area (Å²) in [5, 5.41) is 0.650. The summed E-state index contributed by atoms with van der Waals surface area (Å²) in [5.74, 6) is 0.133. The Bertz CT molecular complexity index is 1480. The molecule has 2 N–H and O–H groups in total. The molecule has 8 heteroatoms. The molecule has 8 nitrogen and oxygen atoms in total. The van der Waals surface area contributed by atoms with E-state index in [1.165, 1.54) is 6.07 Å². The number of hydrogen-bond acceptors (Lipinski definition) is 6. The van der Waals surface area contributed by atoms with Crippen molar-refractivity contribution in [1.82, 2.24) is 20.8 Å². The fourth-order valence-corrected chi connectivity index (χ4v) is 3.50. The topological polar surface area (TPSA) is 106 Å². The van der Waals surface area contributed by atoms with Gasteiger partial charge in [-0.15, -0.1) is 0 Å². The SMILES string of the molecule is O=C(NNC(=O)c1cc(-c2ccccn2)nc2ccccc12)c1ccc(COc2ccccc2)o1. The van der Waals surface area contributed by atoms with E-state index in [1.54, 1.807) is 24.4 Å². The maximum atomic E-state index is 13.0. The van der Waals surface area contributed by atoms with Crippen LogP contribution in [0.25, 0.3) is 22.3 Å². The standard InChI is InChI=1S/C27H20N4O4/c32-26(21-16-24(23-12-6-7-15-28-23)29-22-11-5-4-10-20(21)22)30-31-27(33)25-14-13-19(35-25)17-34-18-8-2-1-3-9-18/h1-16H,17H2,(H,30,32)(H,31,33). The molecule has 0 saturated heterocycles. The number of benzene rings is 2. The van der Waals surface area contributed by atoms with Crippen molar-refractivity contribution in [2.24, 2.45) is 0 Å². The fraction of sp³-hybridized carbons (Fsp3) is 0.0370. The smallest absolute Gasteiger partial charge is 0.305 e. The number of nitrogens with one attached hydrogen (secondary N) is 2. The second-order valence-corrected chi connectivity index (χ2v) is 7.56. The first kappa shape index (κ1) is 21.8. The van der Waals surface area contributed by atoms with Crippen LogP contribution in [-0.4, -0.2) is 21.8 Å². The quantitative estimate of drug-likeness (QED) is 0.357. The van der Waals surface area contributed by atoms with Gasteiger partial charge in [-0.05, 0) is 48.5 Å². The van der Waals surface area contributed by atoms with Gasteiger partial charge in [-0.3, -0.25) is 25.4 Å². The summed E-state index contributed by atoms with van der Waals surface area (Å²) in [4.78, 5) is 34.5. The molecule has 0 unspecified atom stereocenters. The third kappa shape index (κ3) is 5.01. The highest BCUT2D eigenvalue weighted by molar-refractivity contribution is 6.08. The number of rotatable bonds is 6. The number of furan rings is 1. The summed E-state index contributed by atoms with van der Waals surface area (Å²) in [6.07, 6.45) is 1.66. The van der Waals surface area contributed by atoms with Crippen LogP contribution in [0.1, 0.15) is 26.7 Å². The Kier molecular flexibility index (Phi) is 6.17. The molecule has 35 heavy (non-hydrogen) atoms. The number of hydrogen-bond donors (Lipinski definition) is 2. The van der Waals surface area contributed by atoms with Crippen molar-refractivity contribution in [2.75, 3.05) is 0 Å². The van der Waals surface area contributed by atoms with Crippen molar-refractivity contribution in [2.45, 2.75) is 6.61 Å². The van der Waals surface area contributed by atoms with Crippen LogP contribution in [0.3, 0.4) is 0 Å². The molecular weight excluding hydrogens is 444 g/mol. The van der Waals surface area contributed by atoms with Gasteiger partial charge in [0.2, 0.25) is 0 Å². The van der Waals surface area contributed by atoms with Gasteiger partial charge in [-0.1, -0.05) is 42.5 Å². The monoisotopic (exact) mass is 464 g/mol. The van der Waals surface area contributed by atoms with Crippen molar-refractivity contribution in [3.63, 3.8) is 0 Å². The highest BCUT2D eigenvalue weighted by Crippen LogP contribution is 2.23. The molecular formula is C27H20N4O4. The van der Waals surface area contributed by atoms with Gasteiger partial charge in [-0.25, -0.2) is 4.98 Å². The summed E-state index contributed by atoms with van der Waals surface area (Å²) >= 11 is 0. The number of fused-ring (bicyclic) bond motifs is 1. The molecule has 172 valence electrons. The maximum absolute atomic E-state index is 13.0. The second-order valence-electron chi connectivity index (χ2n) is 7.56. The molecule has 0 atom stereocenters. The Morgan fingerprint density at radius 2 is 1.57 bits per heavy atom. The molecule has 2 aromatic carbocycles. The Morgan fingerprint density at radius 1 is 0.800 bits per heavy atom. The van der Waals surface area contributed by atoms with Crippen LogP contribution in [0.5, 0.6) is 5.75 Å². The molecule has 5 aromatic rings. The largest absolute Gasteiger partial charge is 0.486 e. The van der Waals surface area contributed by atoms with Gasteiger partial charge in [0.25, 0.3) is 5.91 Å². The Labute approximate surface area is 200 Å². The minimum atomic E-state index is -0.590. The van der Waals surface area contributed by atoms with Crippen LogP contribution < -0.4 is 15.6 Å². The van der Waals surface area contributed by atoms with Crippen LogP contribution in [0, 0.1) is 0 Å². The number of pyridine rings is 2.